The van der Waals surface area contributed by atoms with Crippen LogP contribution in [0, 0.1) is 5.82 Å². The fourth-order valence-corrected chi connectivity index (χ4v) is 4.51. The summed E-state index contributed by atoms with van der Waals surface area (Å²) in [5.41, 5.74) is 1.74. The first-order valence-corrected chi connectivity index (χ1v) is 10.4. The number of halogens is 2. The van der Waals surface area contributed by atoms with E-state index in [0.717, 1.165) is 10.4 Å². The minimum atomic E-state index is -0.514. The van der Waals surface area contributed by atoms with E-state index in [1.165, 1.54) is 23.5 Å². The number of fused-ring (bicyclic) bond motifs is 1. The van der Waals surface area contributed by atoms with Gasteiger partial charge in [0.1, 0.15) is 5.82 Å². The number of hydrogen-bond donors (Lipinski definition) is 1. The lowest BCUT2D eigenvalue weighted by Gasteiger charge is -2.26. The van der Waals surface area contributed by atoms with Crippen LogP contribution < -0.4 is 5.32 Å². The van der Waals surface area contributed by atoms with Crippen molar-refractivity contribution in [1.29, 1.82) is 0 Å². The SMILES string of the molecule is O=C(C[C@H](c1cccs1)N1Cc2ccccc2C1=O)Nc1ccc(Br)cc1F. The average Bonchev–Trinajstić information content (AvgIpc) is 3.31. The smallest absolute Gasteiger partial charge is 0.255 e. The van der Waals surface area contributed by atoms with Gasteiger partial charge in [0.2, 0.25) is 5.91 Å². The van der Waals surface area contributed by atoms with E-state index < -0.39 is 11.9 Å². The van der Waals surface area contributed by atoms with Crippen LogP contribution in [0.4, 0.5) is 10.1 Å². The van der Waals surface area contributed by atoms with E-state index in [9.17, 15) is 14.0 Å². The lowest BCUT2D eigenvalue weighted by molar-refractivity contribution is -0.117. The summed E-state index contributed by atoms with van der Waals surface area (Å²) < 4.78 is 14.7. The van der Waals surface area contributed by atoms with Gasteiger partial charge in [0.25, 0.3) is 5.91 Å². The van der Waals surface area contributed by atoms with Crippen LogP contribution in [0.3, 0.4) is 0 Å². The van der Waals surface area contributed by atoms with E-state index in [0.29, 0.717) is 16.6 Å². The summed E-state index contributed by atoms with van der Waals surface area (Å²) in [6.45, 7) is 0.456. The van der Waals surface area contributed by atoms with Gasteiger partial charge in [-0.25, -0.2) is 4.39 Å². The molecule has 0 spiro atoms. The third kappa shape index (κ3) is 3.72. The third-order valence-corrected chi connectivity index (χ3v) is 6.15. The Morgan fingerprint density at radius 2 is 2.04 bits per heavy atom. The van der Waals surface area contributed by atoms with Crippen molar-refractivity contribution in [3.05, 3.63) is 86.3 Å². The van der Waals surface area contributed by atoms with Gasteiger partial charge in [0.05, 0.1) is 18.2 Å². The molecule has 0 unspecified atom stereocenters. The molecule has 4 rings (SSSR count). The third-order valence-electron chi connectivity index (χ3n) is 4.68. The molecule has 1 aliphatic heterocycles. The largest absolute Gasteiger partial charge is 0.326 e. The van der Waals surface area contributed by atoms with E-state index in [1.807, 2.05) is 35.7 Å². The highest BCUT2D eigenvalue weighted by Gasteiger charge is 2.34. The molecular formula is C21H16BrFN2O2S. The number of amides is 2. The number of carbonyl (C=O) groups excluding carboxylic acids is 2. The van der Waals surface area contributed by atoms with Gasteiger partial charge in [0, 0.05) is 21.5 Å². The molecular weight excluding hydrogens is 443 g/mol. The minimum absolute atomic E-state index is 0.0513. The molecule has 2 amide bonds. The number of hydrogen-bond acceptors (Lipinski definition) is 3. The molecule has 142 valence electrons. The van der Waals surface area contributed by atoms with E-state index in [2.05, 4.69) is 21.2 Å². The normalized spacial score (nSPS) is 14.1. The van der Waals surface area contributed by atoms with Crippen molar-refractivity contribution in [1.82, 2.24) is 4.90 Å². The Morgan fingerprint density at radius 3 is 2.75 bits per heavy atom. The van der Waals surface area contributed by atoms with Gasteiger partial charge >= 0.3 is 0 Å². The first-order chi connectivity index (χ1) is 13.5. The van der Waals surface area contributed by atoms with E-state index >= 15 is 0 Å². The number of rotatable bonds is 5. The molecule has 7 heteroatoms. The molecule has 28 heavy (non-hydrogen) atoms. The van der Waals surface area contributed by atoms with Crippen LogP contribution in [0.1, 0.15) is 33.3 Å². The number of benzene rings is 2. The molecule has 0 saturated carbocycles. The first kappa shape index (κ1) is 18.8. The highest BCUT2D eigenvalue weighted by Crippen LogP contribution is 2.35. The number of nitrogens with zero attached hydrogens (tertiary/aromatic N) is 1. The Hall–Kier alpha value is -2.51. The second-order valence-corrected chi connectivity index (χ2v) is 8.39. The lowest BCUT2D eigenvalue weighted by atomic mass is 10.1. The monoisotopic (exact) mass is 458 g/mol. The van der Waals surface area contributed by atoms with Crippen LogP contribution in [0.2, 0.25) is 0 Å². The first-order valence-electron chi connectivity index (χ1n) is 8.70. The topological polar surface area (TPSA) is 49.4 Å². The zero-order valence-corrected chi connectivity index (χ0v) is 17.1. The van der Waals surface area contributed by atoms with Crippen molar-refractivity contribution in [2.24, 2.45) is 0 Å². The van der Waals surface area contributed by atoms with Crippen LogP contribution in [-0.4, -0.2) is 16.7 Å². The van der Waals surface area contributed by atoms with E-state index in [-0.39, 0.29) is 23.9 Å². The summed E-state index contributed by atoms with van der Waals surface area (Å²) in [6.07, 6.45) is 0.0513. The van der Waals surface area contributed by atoms with Crippen LogP contribution in [0.25, 0.3) is 0 Å². The van der Waals surface area contributed by atoms with Crippen molar-refractivity contribution in [2.45, 2.75) is 19.0 Å². The van der Waals surface area contributed by atoms with E-state index in [1.54, 1.807) is 17.0 Å². The Kier molecular flexibility index (Phi) is 5.28. The Bertz CT molecular complexity index is 1040. The second-order valence-electron chi connectivity index (χ2n) is 6.50. The van der Waals surface area contributed by atoms with Gasteiger partial charge in [0.15, 0.2) is 0 Å². The summed E-state index contributed by atoms with van der Waals surface area (Å²) >= 11 is 4.70. The molecule has 2 heterocycles. The second kappa shape index (κ2) is 7.85. The van der Waals surface area contributed by atoms with Crippen molar-refractivity contribution in [3.63, 3.8) is 0 Å². The van der Waals surface area contributed by atoms with Crippen LogP contribution >= 0.6 is 27.3 Å². The van der Waals surface area contributed by atoms with Crippen LogP contribution in [-0.2, 0) is 11.3 Å². The summed E-state index contributed by atoms with van der Waals surface area (Å²) in [5.74, 6) is -0.944. The predicted octanol–water partition coefficient (Wildman–Crippen LogP) is 5.38. The number of thiophene rings is 1. The number of carbonyl (C=O) groups is 2. The number of nitrogens with one attached hydrogen (secondary N) is 1. The summed E-state index contributed by atoms with van der Waals surface area (Å²) in [7, 11) is 0. The highest BCUT2D eigenvalue weighted by atomic mass is 79.9. The zero-order valence-electron chi connectivity index (χ0n) is 14.7. The van der Waals surface area contributed by atoms with Crippen molar-refractivity contribution in [3.8, 4) is 0 Å². The molecule has 4 nitrogen and oxygen atoms in total. The number of anilines is 1. The Labute approximate surface area is 174 Å². The molecule has 0 radical (unpaired) electrons. The molecule has 1 N–H and O–H groups in total. The summed E-state index contributed by atoms with van der Waals surface area (Å²) in [4.78, 5) is 28.2. The molecule has 1 aliphatic rings. The molecule has 1 aromatic heterocycles. The molecule has 1 atom stereocenters. The fourth-order valence-electron chi connectivity index (χ4n) is 3.34. The summed E-state index contributed by atoms with van der Waals surface area (Å²) in [5, 5.41) is 4.54. The van der Waals surface area contributed by atoms with Crippen LogP contribution in [0.15, 0.2) is 64.5 Å². The van der Waals surface area contributed by atoms with Crippen LogP contribution in [0.5, 0.6) is 0 Å². The molecule has 0 bridgehead atoms. The van der Waals surface area contributed by atoms with Crippen molar-refractivity contribution < 1.29 is 14.0 Å². The molecule has 2 aromatic carbocycles. The quantitative estimate of drug-likeness (QED) is 0.558. The van der Waals surface area contributed by atoms with Gasteiger partial charge in [-0.1, -0.05) is 40.2 Å². The van der Waals surface area contributed by atoms with E-state index in [4.69, 9.17) is 0 Å². The van der Waals surface area contributed by atoms with Crippen molar-refractivity contribution >= 4 is 44.8 Å². The molecule has 0 aliphatic carbocycles. The fraction of sp³-hybridized carbons (Fsp3) is 0.143. The predicted molar refractivity (Wildman–Crippen MR) is 111 cm³/mol. The lowest BCUT2D eigenvalue weighted by Crippen LogP contribution is -2.31. The average molecular weight is 459 g/mol. The zero-order chi connectivity index (χ0) is 19.7. The maximum absolute atomic E-state index is 14.1. The van der Waals surface area contributed by atoms with Gasteiger partial charge in [-0.3, -0.25) is 9.59 Å². The van der Waals surface area contributed by atoms with Gasteiger partial charge in [-0.15, -0.1) is 11.3 Å². The van der Waals surface area contributed by atoms with Gasteiger partial charge in [-0.05, 0) is 41.3 Å². The van der Waals surface area contributed by atoms with Gasteiger partial charge in [-0.2, -0.15) is 0 Å². The molecule has 0 saturated heterocycles. The highest BCUT2D eigenvalue weighted by molar-refractivity contribution is 9.10. The molecule has 0 fully saturated rings. The standard InChI is InChI=1S/C21H16BrFN2O2S/c22-14-7-8-17(16(23)10-14)24-20(26)11-18(19-6-3-9-28-19)25-12-13-4-1-2-5-15(13)21(25)27/h1-10,18H,11-12H2,(H,24,26)/t18-/m1/s1. The maximum Gasteiger partial charge on any atom is 0.255 e. The Balaban J connectivity index is 1.56. The minimum Gasteiger partial charge on any atom is -0.326 e. The summed E-state index contributed by atoms with van der Waals surface area (Å²) in [6, 6.07) is 15.3. The maximum atomic E-state index is 14.1. The van der Waals surface area contributed by atoms with Crippen molar-refractivity contribution in [2.75, 3.05) is 5.32 Å². The van der Waals surface area contributed by atoms with Gasteiger partial charge < -0.3 is 10.2 Å². The molecule has 3 aromatic rings. The Morgan fingerprint density at radius 1 is 1.21 bits per heavy atom.